The second-order valence-electron chi connectivity index (χ2n) is 2.62. The van der Waals surface area contributed by atoms with Crippen LogP contribution in [0, 0.1) is 0 Å². The van der Waals surface area contributed by atoms with Crippen LogP contribution in [0.1, 0.15) is 18.5 Å². The van der Waals surface area contributed by atoms with Crippen molar-refractivity contribution in [3.05, 3.63) is 27.5 Å². The van der Waals surface area contributed by atoms with E-state index in [0.29, 0.717) is 15.2 Å². The maximum Gasteiger partial charge on any atom is 0.151 e. The van der Waals surface area contributed by atoms with Crippen molar-refractivity contribution < 1.29 is 4.79 Å². The van der Waals surface area contributed by atoms with Crippen molar-refractivity contribution in [2.24, 2.45) is 5.73 Å². The predicted octanol–water partition coefficient (Wildman–Crippen LogP) is 2.09. The van der Waals surface area contributed by atoms with Gasteiger partial charge in [-0.1, -0.05) is 11.6 Å². The number of nitrogens with two attached hydrogens (primary N) is 1. The number of nitrogens with zero attached hydrogens (tertiary/aromatic N) is 1. The Hall–Kier alpha value is -0.450. The first-order valence-electron chi connectivity index (χ1n) is 3.59. The van der Waals surface area contributed by atoms with E-state index in [4.69, 9.17) is 17.3 Å². The first-order valence-corrected chi connectivity index (χ1v) is 4.76. The van der Waals surface area contributed by atoms with Crippen LogP contribution in [-0.2, 0) is 4.79 Å². The average Bonchev–Trinajstić information content (AvgIpc) is 2.08. The third kappa shape index (κ3) is 2.49. The molecule has 0 bridgehead atoms. The average molecular weight is 264 g/mol. The van der Waals surface area contributed by atoms with Crippen LogP contribution in [0.4, 0.5) is 0 Å². The quantitative estimate of drug-likeness (QED) is 0.831. The summed E-state index contributed by atoms with van der Waals surface area (Å²) in [6.45, 7) is 1.44. The number of hydrogen-bond acceptors (Lipinski definition) is 3. The molecule has 1 unspecified atom stereocenters. The summed E-state index contributed by atoms with van der Waals surface area (Å²) < 4.78 is 0.694. The lowest BCUT2D eigenvalue weighted by atomic mass is 10.1. The monoisotopic (exact) mass is 262 g/mol. The maximum absolute atomic E-state index is 11.0. The van der Waals surface area contributed by atoms with E-state index in [1.165, 1.54) is 13.1 Å². The van der Waals surface area contributed by atoms with Gasteiger partial charge in [0.1, 0.15) is 5.15 Å². The SMILES string of the molecule is CC(=O)C(N)c1cc(Cl)ncc1Br. The normalized spacial score (nSPS) is 12.6. The minimum Gasteiger partial charge on any atom is -0.318 e. The fraction of sp³-hybridized carbons (Fsp3) is 0.250. The number of carbonyl (C=O) groups is 1. The van der Waals surface area contributed by atoms with Gasteiger partial charge in [0, 0.05) is 10.7 Å². The van der Waals surface area contributed by atoms with Gasteiger partial charge in [-0.05, 0) is 34.5 Å². The molecular weight excluding hydrogens is 255 g/mol. The van der Waals surface area contributed by atoms with Gasteiger partial charge in [0.15, 0.2) is 5.78 Å². The number of aromatic nitrogens is 1. The number of ketones is 1. The molecule has 3 nitrogen and oxygen atoms in total. The molecule has 0 aliphatic rings. The van der Waals surface area contributed by atoms with E-state index in [9.17, 15) is 4.79 Å². The summed E-state index contributed by atoms with van der Waals surface area (Å²) >= 11 is 8.91. The van der Waals surface area contributed by atoms with Crippen LogP contribution in [0.2, 0.25) is 5.15 Å². The predicted molar refractivity (Wildman–Crippen MR) is 54.6 cm³/mol. The third-order valence-electron chi connectivity index (χ3n) is 1.62. The van der Waals surface area contributed by atoms with E-state index in [0.717, 1.165) is 0 Å². The Bertz CT molecular complexity index is 343. The summed E-state index contributed by atoms with van der Waals surface area (Å²) in [6, 6.07) is 0.937. The lowest BCUT2D eigenvalue weighted by Gasteiger charge is -2.09. The van der Waals surface area contributed by atoms with Gasteiger partial charge in [0.25, 0.3) is 0 Å². The highest BCUT2D eigenvalue weighted by Crippen LogP contribution is 2.24. The zero-order chi connectivity index (χ0) is 10.0. The van der Waals surface area contributed by atoms with Crippen molar-refractivity contribution in [1.82, 2.24) is 4.98 Å². The summed E-state index contributed by atoms with van der Waals surface area (Å²) in [5.41, 5.74) is 6.30. The molecule has 0 aliphatic heterocycles. The van der Waals surface area contributed by atoms with Gasteiger partial charge < -0.3 is 5.73 Å². The molecule has 1 atom stereocenters. The van der Waals surface area contributed by atoms with Gasteiger partial charge in [-0.25, -0.2) is 4.98 Å². The molecule has 1 rings (SSSR count). The van der Waals surface area contributed by atoms with Crippen LogP contribution in [0.5, 0.6) is 0 Å². The van der Waals surface area contributed by atoms with E-state index < -0.39 is 6.04 Å². The summed E-state index contributed by atoms with van der Waals surface area (Å²) in [7, 11) is 0. The van der Waals surface area contributed by atoms with E-state index >= 15 is 0 Å². The summed E-state index contributed by atoms with van der Waals surface area (Å²) in [4.78, 5) is 14.8. The minimum absolute atomic E-state index is 0.108. The van der Waals surface area contributed by atoms with Gasteiger partial charge >= 0.3 is 0 Å². The number of carbonyl (C=O) groups excluding carboxylic acids is 1. The molecule has 0 aliphatic carbocycles. The van der Waals surface area contributed by atoms with Crippen LogP contribution in [0.3, 0.4) is 0 Å². The van der Waals surface area contributed by atoms with E-state index in [-0.39, 0.29) is 5.78 Å². The second-order valence-corrected chi connectivity index (χ2v) is 3.86. The zero-order valence-electron chi connectivity index (χ0n) is 6.92. The van der Waals surface area contributed by atoms with Gasteiger partial charge in [-0.3, -0.25) is 4.79 Å². The first kappa shape index (κ1) is 10.6. The number of Topliss-reactive ketones (excluding diaryl/α,β-unsaturated/α-hetero) is 1. The Morgan fingerprint density at radius 3 is 2.92 bits per heavy atom. The fourth-order valence-electron chi connectivity index (χ4n) is 0.885. The number of hydrogen-bond donors (Lipinski definition) is 1. The molecule has 0 radical (unpaired) electrons. The maximum atomic E-state index is 11.0. The molecule has 0 aromatic carbocycles. The van der Waals surface area contributed by atoms with Crippen molar-refractivity contribution in [1.29, 1.82) is 0 Å². The van der Waals surface area contributed by atoms with Crippen LogP contribution in [-0.4, -0.2) is 10.8 Å². The van der Waals surface area contributed by atoms with E-state index in [1.807, 2.05) is 0 Å². The molecule has 0 saturated heterocycles. The van der Waals surface area contributed by atoms with Crippen LogP contribution >= 0.6 is 27.5 Å². The molecule has 13 heavy (non-hydrogen) atoms. The topological polar surface area (TPSA) is 56.0 Å². The second kappa shape index (κ2) is 4.17. The highest BCUT2D eigenvalue weighted by atomic mass is 79.9. The molecule has 0 amide bonds. The molecule has 1 heterocycles. The molecule has 0 spiro atoms. The third-order valence-corrected chi connectivity index (χ3v) is 2.49. The first-order chi connectivity index (χ1) is 6.02. The van der Waals surface area contributed by atoms with Gasteiger partial charge in [-0.15, -0.1) is 0 Å². The van der Waals surface area contributed by atoms with Crippen molar-refractivity contribution in [3.8, 4) is 0 Å². The van der Waals surface area contributed by atoms with E-state index in [1.54, 1.807) is 6.07 Å². The van der Waals surface area contributed by atoms with Crippen molar-refractivity contribution in [3.63, 3.8) is 0 Å². The van der Waals surface area contributed by atoms with Gasteiger partial charge in [-0.2, -0.15) is 0 Å². The molecule has 5 heteroatoms. The Balaban J connectivity index is 3.12. The van der Waals surface area contributed by atoms with Crippen molar-refractivity contribution in [2.45, 2.75) is 13.0 Å². The minimum atomic E-state index is -0.644. The van der Waals surface area contributed by atoms with Crippen molar-refractivity contribution >= 4 is 33.3 Å². The lowest BCUT2D eigenvalue weighted by molar-refractivity contribution is -0.118. The molecule has 2 N–H and O–H groups in total. The Kier molecular flexibility index (Phi) is 3.41. The summed E-state index contributed by atoms with van der Waals surface area (Å²) in [6.07, 6.45) is 1.53. The molecule has 0 fully saturated rings. The Morgan fingerprint density at radius 2 is 2.38 bits per heavy atom. The van der Waals surface area contributed by atoms with Crippen LogP contribution in [0.25, 0.3) is 0 Å². The van der Waals surface area contributed by atoms with Crippen molar-refractivity contribution in [2.75, 3.05) is 0 Å². The fourth-order valence-corrected chi connectivity index (χ4v) is 1.51. The van der Waals surface area contributed by atoms with Gasteiger partial charge in [0.05, 0.1) is 6.04 Å². The lowest BCUT2D eigenvalue weighted by Crippen LogP contribution is -2.19. The van der Waals surface area contributed by atoms with Crippen LogP contribution < -0.4 is 5.73 Å². The highest BCUT2D eigenvalue weighted by Gasteiger charge is 2.14. The van der Waals surface area contributed by atoms with Gasteiger partial charge in [0.2, 0.25) is 0 Å². The molecule has 1 aromatic heterocycles. The molecule has 0 saturated carbocycles. The summed E-state index contributed by atoms with van der Waals surface area (Å²) in [5, 5.41) is 0.329. The zero-order valence-corrected chi connectivity index (χ0v) is 9.26. The number of halogens is 2. The number of pyridine rings is 1. The summed E-state index contributed by atoms with van der Waals surface area (Å²) in [5.74, 6) is -0.108. The Labute approximate surface area is 89.4 Å². The molecule has 70 valence electrons. The van der Waals surface area contributed by atoms with Crippen LogP contribution in [0.15, 0.2) is 16.7 Å². The number of rotatable bonds is 2. The Morgan fingerprint density at radius 1 is 1.77 bits per heavy atom. The smallest absolute Gasteiger partial charge is 0.151 e. The standard InChI is InChI=1S/C8H8BrClN2O/c1-4(13)8(11)5-2-7(10)12-3-6(5)9/h2-3,8H,11H2,1H3. The highest BCUT2D eigenvalue weighted by molar-refractivity contribution is 9.10. The largest absolute Gasteiger partial charge is 0.318 e. The molecule has 1 aromatic rings. The van der Waals surface area contributed by atoms with E-state index in [2.05, 4.69) is 20.9 Å². The molecular formula is C8H8BrClN2O.